The molecular weight excluding hydrogens is 771 g/mol. The Kier molecular flexibility index (Phi) is 17.2. The average molecular weight is 834 g/mol. The highest BCUT2D eigenvalue weighted by molar-refractivity contribution is 7.17. The molecule has 0 saturated heterocycles. The highest BCUT2D eigenvalue weighted by Gasteiger charge is 2.29. The number of carboxylic acids is 1. The van der Waals surface area contributed by atoms with Crippen molar-refractivity contribution in [1.82, 2.24) is 4.90 Å². The zero-order chi connectivity index (χ0) is 43.1. The van der Waals surface area contributed by atoms with E-state index >= 15 is 0 Å². The lowest BCUT2D eigenvalue weighted by atomic mass is 9.88. The SMILES string of the molecule is CCCCCCCCC(=O)c1ccc(CCc2ccc(NC(=O)c3c(NC(=O)c4cccc(CN(CCC)C(=O)CCC(C)(C)C(=O)O)c4)sc4c3CCCC4)cc2)cc1. The van der Waals surface area contributed by atoms with Crippen LogP contribution >= 0.6 is 11.3 Å². The number of hydrogen-bond acceptors (Lipinski definition) is 6. The van der Waals surface area contributed by atoms with E-state index in [0.29, 0.717) is 41.3 Å². The topological polar surface area (TPSA) is 133 Å². The van der Waals surface area contributed by atoms with Gasteiger partial charge in [0.05, 0.1) is 11.0 Å². The van der Waals surface area contributed by atoms with Crippen LogP contribution in [0.2, 0.25) is 0 Å². The Morgan fingerprint density at radius 1 is 0.717 bits per heavy atom. The van der Waals surface area contributed by atoms with Crippen LogP contribution in [0.1, 0.15) is 163 Å². The number of anilines is 2. The summed E-state index contributed by atoms with van der Waals surface area (Å²) in [6.45, 7) is 8.26. The van der Waals surface area contributed by atoms with E-state index in [1.54, 1.807) is 36.9 Å². The number of nitrogens with zero attached hydrogens (tertiary/aromatic N) is 1. The molecule has 1 heterocycles. The number of amides is 3. The molecule has 1 aliphatic rings. The van der Waals surface area contributed by atoms with Gasteiger partial charge in [0.1, 0.15) is 5.00 Å². The van der Waals surface area contributed by atoms with Gasteiger partial charge in [-0.05, 0) is 118 Å². The molecule has 5 rings (SSSR count). The first-order chi connectivity index (χ1) is 28.9. The lowest BCUT2D eigenvalue weighted by molar-refractivity contribution is -0.147. The Hall–Kier alpha value is -5.09. The summed E-state index contributed by atoms with van der Waals surface area (Å²) >= 11 is 1.47. The Morgan fingerprint density at radius 2 is 1.38 bits per heavy atom. The molecule has 1 aromatic heterocycles. The largest absolute Gasteiger partial charge is 0.481 e. The number of aliphatic carboxylic acids is 1. The summed E-state index contributed by atoms with van der Waals surface area (Å²) < 4.78 is 0. The van der Waals surface area contributed by atoms with Gasteiger partial charge in [0.25, 0.3) is 11.8 Å². The zero-order valence-corrected chi connectivity index (χ0v) is 36.8. The van der Waals surface area contributed by atoms with E-state index in [4.69, 9.17) is 0 Å². The predicted molar refractivity (Wildman–Crippen MR) is 242 cm³/mol. The summed E-state index contributed by atoms with van der Waals surface area (Å²) in [5.74, 6) is -1.42. The van der Waals surface area contributed by atoms with E-state index < -0.39 is 11.4 Å². The molecule has 4 aromatic rings. The molecule has 1 aliphatic carbocycles. The Morgan fingerprint density at radius 3 is 2.07 bits per heavy atom. The minimum absolute atomic E-state index is 0.121. The van der Waals surface area contributed by atoms with Crippen molar-refractivity contribution in [2.75, 3.05) is 17.2 Å². The number of hydrogen-bond donors (Lipinski definition) is 3. The number of nitrogens with one attached hydrogen (secondary N) is 2. The number of unbranched alkanes of at least 4 members (excludes halogenated alkanes) is 5. The van der Waals surface area contributed by atoms with Gasteiger partial charge in [0, 0.05) is 47.6 Å². The van der Waals surface area contributed by atoms with Gasteiger partial charge in [-0.25, -0.2) is 0 Å². The van der Waals surface area contributed by atoms with Crippen LogP contribution in [-0.4, -0.2) is 46.0 Å². The van der Waals surface area contributed by atoms with Crippen LogP contribution in [0, 0.1) is 5.41 Å². The fraction of sp³-hybridized carbons (Fsp3) is 0.460. The second-order valence-corrected chi connectivity index (χ2v) is 18.0. The number of benzene rings is 3. The Labute approximate surface area is 360 Å². The minimum Gasteiger partial charge on any atom is -0.481 e. The molecular formula is C50H63N3O6S. The molecule has 10 heteroatoms. The highest BCUT2D eigenvalue weighted by atomic mass is 32.1. The van der Waals surface area contributed by atoms with Crippen molar-refractivity contribution in [3.8, 4) is 0 Å². The van der Waals surface area contributed by atoms with Crippen LogP contribution < -0.4 is 10.6 Å². The van der Waals surface area contributed by atoms with Gasteiger partial charge in [-0.3, -0.25) is 24.0 Å². The summed E-state index contributed by atoms with van der Waals surface area (Å²) in [6, 6.07) is 23.1. The Balaban J connectivity index is 1.18. The number of Topliss-reactive ketones (excluding diaryl/α,β-unsaturated/α-hetero) is 1. The quantitative estimate of drug-likeness (QED) is 0.0503. The molecule has 0 aliphatic heterocycles. The van der Waals surface area contributed by atoms with Gasteiger partial charge in [0.15, 0.2) is 5.78 Å². The fourth-order valence-corrected chi connectivity index (χ4v) is 8.93. The second-order valence-electron chi connectivity index (χ2n) is 16.9. The van der Waals surface area contributed by atoms with E-state index in [9.17, 15) is 29.1 Å². The molecule has 0 bridgehead atoms. The molecule has 0 radical (unpaired) electrons. The Bertz CT molecular complexity index is 2090. The lowest BCUT2D eigenvalue weighted by Gasteiger charge is -2.25. The molecule has 9 nitrogen and oxygen atoms in total. The maximum Gasteiger partial charge on any atom is 0.309 e. The summed E-state index contributed by atoms with van der Waals surface area (Å²) in [6.07, 6.45) is 14.0. The van der Waals surface area contributed by atoms with Crippen molar-refractivity contribution in [3.63, 3.8) is 0 Å². The maximum atomic E-state index is 14.0. The number of fused-ring (bicyclic) bond motifs is 1. The minimum atomic E-state index is -1.00. The van der Waals surface area contributed by atoms with Crippen molar-refractivity contribution < 1.29 is 29.1 Å². The number of aryl methyl sites for hydroxylation is 3. The fourth-order valence-electron chi connectivity index (χ4n) is 7.65. The zero-order valence-electron chi connectivity index (χ0n) is 36.0. The normalized spacial score (nSPS) is 12.4. The smallest absolute Gasteiger partial charge is 0.309 e. The van der Waals surface area contributed by atoms with Gasteiger partial charge >= 0.3 is 5.97 Å². The van der Waals surface area contributed by atoms with E-state index in [1.807, 2.05) is 49.4 Å². The molecule has 0 unspecified atom stereocenters. The summed E-state index contributed by atoms with van der Waals surface area (Å²) in [7, 11) is 0. The third-order valence-corrected chi connectivity index (χ3v) is 12.7. The van der Waals surface area contributed by atoms with Crippen molar-refractivity contribution >= 4 is 51.5 Å². The van der Waals surface area contributed by atoms with Crippen LogP contribution in [0.4, 0.5) is 10.7 Å². The predicted octanol–water partition coefficient (Wildman–Crippen LogP) is 11.5. The molecule has 0 atom stereocenters. The number of carbonyl (C=O) groups is 5. The molecule has 0 saturated carbocycles. The van der Waals surface area contributed by atoms with Crippen LogP contribution in [0.3, 0.4) is 0 Å². The van der Waals surface area contributed by atoms with E-state index in [0.717, 1.165) is 84.9 Å². The first-order valence-electron chi connectivity index (χ1n) is 22.0. The lowest BCUT2D eigenvalue weighted by Crippen LogP contribution is -2.33. The van der Waals surface area contributed by atoms with Crippen molar-refractivity contribution in [1.29, 1.82) is 0 Å². The van der Waals surface area contributed by atoms with Crippen LogP contribution in [0.25, 0.3) is 0 Å². The van der Waals surface area contributed by atoms with Gasteiger partial charge in [0.2, 0.25) is 5.91 Å². The van der Waals surface area contributed by atoms with Crippen LogP contribution in [0.15, 0.2) is 72.8 Å². The number of carboxylic acid groups (broad SMARTS) is 1. The first kappa shape index (κ1) is 46.0. The molecule has 3 N–H and O–H groups in total. The standard InChI is InChI=1S/C50H63N3O6S/c1-5-7-8-9-10-11-18-42(54)38-26-22-35(23-27-38)20-21-36-24-28-40(29-25-36)51-47(57)45-41-17-12-13-19-43(41)60-48(45)52-46(56)39-16-14-15-37(33-39)34-53(32-6-2)44(55)30-31-50(3,4)49(58)59/h14-16,22-29,33H,5-13,17-21,30-32,34H2,1-4H3,(H,51,57)(H,52,56)(H,58,59). The molecule has 60 heavy (non-hydrogen) atoms. The monoisotopic (exact) mass is 833 g/mol. The molecule has 0 spiro atoms. The maximum absolute atomic E-state index is 14.0. The van der Waals surface area contributed by atoms with Crippen molar-refractivity contribution in [3.05, 3.63) is 117 Å². The van der Waals surface area contributed by atoms with Crippen molar-refractivity contribution in [2.24, 2.45) is 5.41 Å². The van der Waals surface area contributed by atoms with E-state index in [-0.39, 0.29) is 36.3 Å². The number of thiophene rings is 1. The summed E-state index contributed by atoms with van der Waals surface area (Å²) in [5, 5.41) is 16.2. The van der Waals surface area contributed by atoms with Crippen molar-refractivity contribution in [2.45, 2.75) is 137 Å². The number of carbonyl (C=O) groups excluding carboxylic acids is 4. The molecule has 320 valence electrons. The number of ketones is 1. The molecule has 0 fully saturated rings. The van der Waals surface area contributed by atoms with E-state index in [2.05, 4.69) is 29.7 Å². The second kappa shape index (κ2) is 22.5. The van der Waals surface area contributed by atoms with E-state index in [1.165, 1.54) is 42.6 Å². The van der Waals surface area contributed by atoms with Crippen LogP contribution in [0.5, 0.6) is 0 Å². The summed E-state index contributed by atoms with van der Waals surface area (Å²) in [4.78, 5) is 68.0. The van der Waals surface area contributed by atoms with Crippen LogP contribution in [-0.2, 0) is 41.8 Å². The summed E-state index contributed by atoms with van der Waals surface area (Å²) in [5.41, 5.74) is 5.50. The third-order valence-electron chi connectivity index (χ3n) is 11.5. The average Bonchev–Trinajstić information content (AvgIpc) is 3.61. The highest BCUT2D eigenvalue weighted by Crippen LogP contribution is 2.39. The number of rotatable bonds is 23. The molecule has 3 amide bonds. The van der Waals surface area contributed by atoms with Gasteiger partial charge in [-0.2, -0.15) is 0 Å². The molecule has 3 aromatic carbocycles. The van der Waals surface area contributed by atoms with Gasteiger partial charge < -0.3 is 20.6 Å². The van der Waals surface area contributed by atoms with Gasteiger partial charge in [-0.1, -0.05) is 94.5 Å². The first-order valence-corrected chi connectivity index (χ1v) is 22.8. The van der Waals surface area contributed by atoms with Gasteiger partial charge in [-0.15, -0.1) is 11.3 Å². The third kappa shape index (κ3) is 13.2.